The molecule has 0 aromatic heterocycles. The molecule has 154 valence electrons. The lowest BCUT2D eigenvalue weighted by atomic mass is 10.1. The van der Waals surface area contributed by atoms with Gasteiger partial charge in [-0.15, -0.1) is 24.0 Å². The third-order valence-electron chi connectivity index (χ3n) is 4.10. The second-order valence-electron chi connectivity index (χ2n) is 6.32. The molecule has 1 saturated heterocycles. The van der Waals surface area contributed by atoms with Crippen molar-refractivity contribution in [2.45, 2.75) is 26.1 Å². The molecule has 0 spiro atoms. The Morgan fingerprint density at radius 2 is 2.04 bits per heavy atom. The normalized spacial score (nSPS) is 18.3. The number of hydrogen-bond donors (Lipinski definition) is 2. The fourth-order valence-electron chi connectivity index (χ4n) is 2.87. The quantitative estimate of drug-likeness (QED) is 0.317. The van der Waals surface area contributed by atoms with Crippen LogP contribution in [0.25, 0.3) is 0 Å². The summed E-state index contributed by atoms with van der Waals surface area (Å²) < 4.78 is 37.4. The molecule has 0 radical (unpaired) electrons. The number of guanidine groups is 1. The summed E-state index contributed by atoms with van der Waals surface area (Å²) in [7, 11) is 0. The summed E-state index contributed by atoms with van der Waals surface area (Å²) >= 11 is 12.0. The molecule has 1 heterocycles. The van der Waals surface area contributed by atoms with Gasteiger partial charge in [-0.2, -0.15) is 13.2 Å². The molecule has 0 aliphatic carbocycles. The monoisotopic (exact) mass is 538 g/mol. The summed E-state index contributed by atoms with van der Waals surface area (Å²) in [6, 6.07) is 5.25. The summed E-state index contributed by atoms with van der Waals surface area (Å²) in [6.07, 6.45) is -3.40. The van der Waals surface area contributed by atoms with Crippen molar-refractivity contribution in [3.05, 3.63) is 33.8 Å². The van der Waals surface area contributed by atoms with Crippen LogP contribution >= 0.6 is 47.2 Å². The van der Waals surface area contributed by atoms with E-state index in [9.17, 15) is 13.2 Å². The lowest BCUT2D eigenvalue weighted by molar-refractivity contribution is -0.143. The Kier molecular flexibility index (Phi) is 10.5. The molecule has 0 amide bonds. The van der Waals surface area contributed by atoms with E-state index in [4.69, 9.17) is 23.2 Å². The first-order valence-corrected chi connectivity index (χ1v) is 9.27. The highest BCUT2D eigenvalue weighted by Crippen LogP contribution is 2.23. The van der Waals surface area contributed by atoms with Crippen LogP contribution in [0.4, 0.5) is 13.2 Å². The number of benzene rings is 1. The van der Waals surface area contributed by atoms with E-state index < -0.39 is 12.7 Å². The molecule has 1 atom stereocenters. The first-order chi connectivity index (χ1) is 12.3. The Morgan fingerprint density at radius 1 is 1.30 bits per heavy atom. The number of likely N-dealkylation sites (tertiary alicyclic amines) is 1. The van der Waals surface area contributed by atoms with Crippen LogP contribution in [0.2, 0.25) is 10.0 Å². The minimum Gasteiger partial charge on any atom is -0.357 e. The highest BCUT2D eigenvalue weighted by atomic mass is 127. The third kappa shape index (κ3) is 9.06. The van der Waals surface area contributed by atoms with Crippen LogP contribution in [0.1, 0.15) is 18.9 Å². The number of halogens is 6. The summed E-state index contributed by atoms with van der Waals surface area (Å²) in [5.74, 6) is 0.785. The molecule has 1 aromatic carbocycles. The van der Waals surface area contributed by atoms with Crippen LogP contribution < -0.4 is 10.6 Å². The molecule has 1 unspecified atom stereocenters. The van der Waals surface area contributed by atoms with Crippen molar-refractivity contribution in [3.8, 4) is 0 Å². The first kappa shape index (κ1) is 24.6. The van der Waals surface area contributed by atoms with E-state index in [-0.39, 0.29) is 29.9 Å². The van der Waals surface area contributed by atoms with Crippen molar-refractivity contribution in [1.29, 1.82) is 0 Å². The van der Waals surface area contributed by atoms with Crippen molar-refractivity contribution in [3.63, 3.8) is 0 Å². The Hall–Kier alpha value is -0.450. The fourth-order valence-corrected chi connectivity index (χ4v) is 3.34. The first-order valence-electron chi connectivity index (χ1n) is 8.52. The highest BCUT2D eigenvalue weighted by molar-refractivity contribution is 14.0. The van der Waals surface area contributed by atoms with Gasteiger partial charge in [0.25, 0.3) is 0 Å². The highest BCUT2D eigenvalue weighted by Gasteiger charge is 2.34. The predicted octanol–water partition coefficient (Wildman–Crippen LogP) is 4.55. The van der Waals surface area contributed by atoms with Gasteiger partial charge in [-0.25, -0.2) is 4.99 Å². The molecule has 1 aromatic rings. The van der Waals surface area contributed by atoms with Gasteiger partial charge < -0.3 is 10.6 Å². The third-order valence-corrected chi connectivity index (χ3v) is 4.68. The van der Waals surface area contributed by atoms with E-state index in [0.717, 1.165) is 12.0 Å². The maximum Gasteiger partial charge on any atom is 0.401 e. The van der Waals surface area contributed by atoms with E-state index in [1.807, 2.05) is 13.0 Å². The van der Waals surface area contributed by atoms with Crippen molar-refractivity contribution in [1.82, 2.24) is 15.5 Å². The summed E-state index contributed by atoms with van der Waals surface area (Å²) in [4.78, 5) is 5.94. The van der Waals surface area contributed by atoms with Gasteiger partial charge in [0.2, 0.25) is 0 Å². The van der Waals surface area contributed by atoms with Crippen LogP contribution in [-0.4, -0.2) is 49.8 Å². The number of alkyl halides is 3. The minimum atomic E-state index is -4.14. The molecular formula is C17H24Cl2F3IN4. The molecule has 27 heavy (non-hydrogen) atoms. The van der Waals surface area contributed by atoms with Gasteiger partial charge in [0.1, 0.15) is 0 Å². The second kappa shape index (κ2) is 11.5. The van der Waals surface area contributed by atoms with Gasteiger partial charge in [0, 0.05) is 29.7 Å². The van der Waals surface area contributed by atoms with Crippen LogP contribution in [0, 0.1) is 5.92 Å². The zero-order chi connectivity index (χ0) is 19.2. The summed E-state index contributed by atoms with van der Waals surface area (Å²) in [5, 5.41) is 7.46. The van der Waals surface area contributed by atoms with Crippen molar-refractivity contribution in [2.24, 2.45) is 10.9 Å². The number of aliphatic imine (C=N–C) groups is 1. The molecule has 4 nitrogen and oxygen atoms in total. The zero-order valence-corrected chi connectivity index (χ0v) is 18.8. The van der Waals surface area contributed by atoms with E-state index in [1.165, 1.54) is 4.90 Å². The lowest BCUT2D eigenvalue weighted by Crippen LogP contribution is -2.40. The number of rotatable bonds is 6. The van der Waals surface area contributed by atoms with E-state index in [2.05, 4.69) is 15.6 Å². The van der Waals surface area contributed by atoms with Crippen LogP contribution in [0.5, 0.6) is 0 Å². The van der Waals surface area contributed by atoms with Crippen molar-refractivity contribution >= 4 is 53.1 Å². The zero-order valence-electron chi connectivity index (χ0n) is 15.0. The fraction of sp³-hybridized carbons (Fsp3) is 0.588. The largest absolute Gasteiger partial charge is 0.401 e. The van der Waals surface area contributed by atoms with Crippen molar-refractivity contribution in [2.75, 3.05) is 32.7 Å². The number of hydrogen-bond acceptors (Lipinski definition) is 2. The van der Waals surface area contributed by atoms with E-state index in [0.29, 0.717) is 48.7 Å². The van der Waals surface area contributed by atoms with E-state index in [1.54, 1.807) is 12.1 Å². The number of nitrogens with zero attached hydrogens (tertiary/aromatic N) is 2. The SMILES string of the molecule is CCNC(=NCc1ccc(Cl)cc1Cl)NCC1CCN(CC(F)(F)F)C1.I. The maximum absolute atomic E-state index is 12.5. The molecule has 2 N–H and O–H groups in total. The van der Waals surface area contributed by atoms with Gasteiger partial charge in [-0.05, 0) is 43.5 Å². The Labute approximate surface area is 184 Å². The Morgan fingerprint density at radius 3 is 2.67 bits per heavy atom. The summed E-state index contributed by atoms with van der Waals surface area (Å²) in [5.41, 5.74) is 0.852. The second-order valence-corrected chi connectivity index (χ2v) is 7.16. The molecular weight excluding hydrogens is 515 g/mol. The molecule has 0 saturated carbocycles. The minimum absolute atomic E-state index is 0. The Bertz CT molecular complexity index is 629. The molecule has 1 fully saturated rings. The van der Waals surface area contributed by atoms with Crippen molar-refractivity contribution < 1.29 is 13.2 Å². The van der Waals surface area contributed by atoms with Crippen LogP contribution in [0.15, 0.2) is 23.2 Å². The average molecular weight is 539 g/mol. The maximum atomic E-state index is 12.5. The van der Waals surface area contributed by atoms with Gasteiger partial charge >= 0.3 is 6.18 Å². The molecule has 2 rings (SSSR count). The molecule has 10 heteroatoms. The van der Waals surface area contributed by atoms with E-state index >= 15 is 0 Å². The van der Waals surface area contributed by atoms with Gasteiger partial charge in [0.15, 0.2) is 5.96 Å². The standard InChI is InChI=1S/C17H23Cl2F3N4.HI/c1-2-23-16(25-9-13-3-4-14(18)7-15(13)19)24-8-12-5-6-26(10-12)11-17(20,21)22;/h3-4,7,12H,2,5-6,8-11H2,1H3,(H2,23,24,25);1H. The summed E-state index contributed by atoms with van der Waals surface area (Å²) in [6.45, 7) is 3.67. The van der Waals surface area contributed by atoms with Gasteiger partial charge in [-0.1, -0.05) is 29.3 Å². The van der Waals surface area contributed by atoms with Crippen LogP contribution in [0.3, 0.4) is 0 Å². The van der Waals surface area contributed by atoms with Gasteiger partial charge in [-0.3, -0.25) is 4.90 Å². The average Bonchev–Trinajstić information content (AvgIpc) is 2.97. The predicted molar refractivity (Wildman–Crippen MR) is 115 cm³/mol. The smallest absolute Gasteiger partial charge is 0.357 e. The molecule has 1 aliphatic rings. The molecule has 0 bridgehead atoms. The van der Waals surface area contributed by atoms with Crippen LogP contribution in [-0.2, 0) is 6.54 Å². The lowest BCUT2D eigenvalue weighted by Gasteiger charge is -2.18. The number of nitrogens with one attached hydrogen (secondary N) is 2. The molecule has 1 aliphatic heterocycles. The Balaban J connectivity index is 0.00000364. The van der Waals surface area contributed by atoms with Gasteiger partial charge in [0.05, 0.1) is 13.1 Å². The topological polar surface area (TPSA) is 39.7 Å².